The third kappa shape index (κ3) is 4.03. The first-order valence-electron chi connectivity index (χ1n) is 9.98. The summed E-state index contributed by atoms with van der Waals surface area (Å²) in [7, 11) is 0. The van der Waals surface area contributed by atoms with Gasteiger partial charge in [0.1, 0.15) is 6.07 Å². The first-order chi connectivity index (χ1) is 14.7. The third-order valence-corrected chi connectivity index (χ3v) is 6.05. The molecule has 150 valence electrons. The number of carbonyl (C=O) groups is 1. The van der Waals surface area contributed by atoms with Gasteiger partial charge in [0.05, 0.1) is 27.4 Å². The van der Waals surface area contributed by atoms with Crippen LogP contribution in [0.2, 0.25) is 0 Å². The SMILES string of the molecule is CCc1cc(SCC(=O)NCCc2ccccc2)n2c(nc3ccccc32)c1C#N. The van der Waals surface area contributed by atoms with Crippen LogP contribution in [0.3, 0.4) is 0 Å². The molecule has 4 aromatic rings. The molecule has 0 aliphatic rings. The number of nitriles is 1. The van der Waals surface area contributed by atoms with Gasteiger partial charge in [-0.2, -0.15) is 5.26 Å². The van der Waals surface area contributed by atoms with Crippen molar-refractivity contribution in [1.82, 2.24) is 14.7 Å². The summed E-state index contributed by atoms with van der Waals surface area (Å²) < 4.78 is 2.00. The molecule has 4 rings (SSSR count). The molecule has 0 aliphatic heterocycles. The summed E-state index contributed by atoms with van der Waals surface area (Å²) in [6.07, 6.45) is 1.55. The number of aryl methyl sites for hydroxylation is 1. The molecule has 2 heterocycles. The highest BCUT2D eigenvalue weighted by molar-refractivity contribution is 7.99. The summed E-state index contributed by atoms with van der Waals surface area (Å²) in [4.78, 5) is 17.1. The lowest BCUT2D eigenvalue weighted by Crippen LogP contribution is -2.27. The number of benzene rings is 2. The minimum atomic E-state index is -0.00379. The Morgan fingerprint density at radius 1 is 1.17 bits per heavy atom. The molecule has 0 saturated carbocycles. The van der Waals surface area contributed by atoms with Crippen molar-refractivity contribution in [1.29, 1.82) is 5.26 Å². The largest absolute Gasteiger partial charge is 0.355 e. The second kappa shape index (κ2) is 9.02. The quantitative estimate of drug-likeness (QED) is 0.456. The van der Waals surface area contributed by atoms with Crippen molar-refractivity contribution in [2.75, 3.05) is 12.3 Å². The molecular weight excluding hydrogens is 392 g/mol. The smallest absolute Gasteiger partial charge is 0.230 e. The maximum atomic E-state index is 12.4. The first-order valence-corrected chi connectivity index (χ1v) is 11.0. The lowest BCUT2D eigenvalue weighted by atomic mass is 10.1. The van der Waals surface area contributed by atoms with Crippen LogP contribution in [0.25, 0.3) is 16.7 Å². The molecule has 1 amide bonds. The highest BCUT2D eigenvalue weighted by Gasteiger charge is 2.17. The van der Waals surface area contributed by atoms with E-state index in [9.17, 15) is 10.1 Å². The molecule has 6 heteroatoms. The fourth-order valence-corrected chi connectivity index (χ4v) is 4.46. The van der Waals surface area contributed by atoms with Crippen LogP contribution in [-0.4, -0.2) is 27.6 Å². The van der Waals surface area contributed by atoms with Gasteiger partial charge >= 0.3 is 0 Å². The lowest BCUT2D eigenvalue weighted by Gasteiger charge is -2.11. The summed E-state index contributed by atoms with van der Waals surface area (Å²) in [6.45, 7) is 2.64. The van der Waals surface area contributed by atoms with Crippen molar-refractivity contribution in [3.63, 3.8) is 0 Å². The molecule has 0 aliphatic carbocycles. The number of para-hydroxylation sites is 2. The van der Waals surface area contributed by atoms with Crippen LogP contribution in [0.5, 0.6) is 0 Å². The molecule has 0 atom stereocenters. The molecule has 2 aromatic heterocycles. The molecule has 0 radical (unpaired) electrons. The standard InChI is InChI=1S/C24H22N4OS/c1-2-18-14-23(30-16-22(29)26-13-12-17-8-4-3-5-9-17)28-21-11-7-6-10-20(21)27-24(28)19(18)15-25/h3-11,14H,2,12-13,16H2,1H3,(H,26,29). The lowest BCUT2D eigenvalue weighted by molar-refractivity contribution is -0.118. The van der Waals surface area contributed by atoms with E-state index in [-0.39, 0.29) is 5.91 Å². The van der Waals surface area contributed by atoms with Crippen molar-refractivity contribution < 1.29 is 4.79 Å². The third-order valence-electron chi connectivity index (χ3n) is 5.05. The van der Waals surface area contributed by atoms with Gasteiger partial charge in [-0.1, -0.05) is 61.2 Å². The molecule has 2 aromatic carbocycles. The van der Waals surface area contributed by atoms with Gasteiger partial charge in [-0.25, -0.2) is 4.98 Å². The zero-order valence-corrected chi connectivity index (χ0v) is 17.6. The van der Waals surface area contributed by atoms with E-state index < -0.39 is 0 Å². The molecule has 5 nitrogen and oxygen atoms in total. The van der Waals surface area contributed by atoms with Gasteiger partial charge in [-0.15, -0.1) is 0 Å². The fourth-order valence-electron chi connectivity index (χ4n) is 3.53. The number of nitrogens with one attached hydrogen (secondary N) is 1. The number of hydrogen-bond acceptors (Lipinski definition) is 4. The number of fused-ring (bicyclic) bond motifs is 3. The average Bonchev–Trinajstić information content (AvgIpc) is 3.17. The van der Waals surface area contributed by atoms with Gasteiger partial charge in [0, 0.05) is 6.54 Å². The summed E-state index contributed by atoms with van der Waals surface area (Å²) in [5.74, 6) is 0.307. The van der Waals surface area contributed by atoms with Crippen LogP contribution >= 0.6 is 11.8 Å². The molecule has 0 bridgehead atoms. The van der Waals surface area contributed by atoms with E-state index in [2.05, 4.69) is 23.5 Å². The van der Waals surface area contributed by atoms with Gasteiger partial charge in [0.25, 0.3) is 0 Å². The van der Waals surface area contributed by atoms with Crippen LogP contribution in [0.4, 0.5) is 0 Å². The van der Waals surface area contributed by atoms with Crippen molar-refractivity contribution in [3.8, 4) is 6.07 Å². The monoisotopic (exact) mass is 414 g/mol. The van der Waals surface area contributed by atoms with E-state index in [1.165, 1.54) is 17.3 Å². The molecule has 0 saturated heterocycles. The van der Waals surface area contributed by atoms with E-state index in [1.54, 1.807) is 0 Å². The average molecular weight is 415 g/mol. The molecule has 1 N–H and O–H groups in total. The number of imidazole rings is 1. The Morgan fingerprint density at radius 2 is 1.93 bits per heavy atom. The minimum absolute atomic E-state index is 0.00379. The van der Waals surface area contributed by atoms with Crippen molar-refractivity contribution in [3.05, 3.63) is 77.4 Å². The van der Waals surface area contributed by atoms with E-state index in [1.807, 2.05) is 59.9 Å². The number of pyridine rings is 1. The second-order valence-electron chi connectivity index (χ2n) is 6.98. The summed E-state index contributed by atoms with van der Waals surface area (Å²) in [6, 6.07) is 22.3. The topological polar surface area (TPSA) is 70.2 Å². The highest BCUT2D eigenvalue weighted by atomic mass is 32.2. The number of nitrogens with zero attached hydrogens (tertiary/aromatic N) is 3. The Labute approximate surface area is 179 Å². The van der Waals surface area contributed by atoms with Gasteiger partial charge in [0.15, 0.2) is 5.65 Å². The van der Waals surface area contributed by atoms with Gasteiger partial charge in [-0.05, 0) is 42.2 Å². The number of hydrogen-bond donors (Lipinski definition) is 1. The van der Waals surface area contributed by atoms with Crippen molar-refractivity contribution in [2.45, 2.75) is 24.8 Å². The number of amides is 1. The molecule has 0 fully saturated rings. The first kappa shape index (κ1) is 20.0. The van der Waals surface area contributed by atoms with Crippen LogP contribution in [-0.2, 0) is 17.6 Å². The van der Waals surface area contributed by atoms with Crippen molar-refractivity contribution in [2.24, 2.45) is 0 Å². The van der Waals surface area contributed by atoms with Crippen LogP contribution < -0.4 is 5.32 Å². The van der Waals surface area contributed by atoms with Crippen LogP contribution in [0.15, 0.2) is 65.7 Å². The summed E-state index contributed by atoms with van der Waals surface area (Å²) >= 11 is 1.47. The Morgan fingerprint density at radius 3 is 2.70 bits per heavy atom. The number of thioether (sulfide) groups is 1. The maximum absolute atomic E-state index is 12.4. The zero-order valence-electron chi connectivity index (χ0n) is 16.8. The minimum Gasteiger partial charge on any atom is -0.355 e. The van der Waals surface area contributed by atoms with E-state index >= 15 is 0 Å². The maximum Gasteiger partial charge on any atom is 0.230 e. The Kier molecular flexibility index (Phi) is 6.01. The zero-order chi connectivity index (χ0) is 20.9. The van der Waals surface area contributed by atoms with Crippen molar-refractivity contribution >= 4 is 34.3 Å². The fraction of sp³-hybridized carbons (Fsp3) is 0.208. The van der Waals surface area contributed by atoms with E-state index in [0.29, 0.717) is 23.5 Å². The number of aromatic nitrogens is 2. The molecular formula is C24H22N4OS. The Hall–Kier alpha value is -3.30. The highest BCUT2D eigenvalue weighted by Crippen LogP contribution is 2.29. The number of carbonyl (C=O) groups excluding carboxylic acids is 1. The molecule has 30 heavy (non-hydrogen) atoms. The van der Waals surface area contributed by atoms with Gasteiger partial charge in [-0.3, -0.25) is 9.20 Å². The Balaban J connectivity index is 1.55. The van der Waals surface area contributed by atoms with E-state index in [0.717, 1.165) is 34.5 Å². The molecule has 0 spiro atoms. The number of rotatable bonds is 7. The normalized spacial score (nSPS) is 10.9. The summed E-state index contributed by atoms with van der Waals surface area (Å²) in [5, 5.41) is 13.6. The van der Waals surface area contributed by atoms with E-state index in [4.69, 9.17) is 4.98 Å². The predicted octanol–water partition coefficient (Wildman–Crippen LogP) is 4.37. The second-order valence-corrected chi connectivity index (χ2v) is 7.98. The molecule has 0 unspecified atom stereocenters. The van der Waals surface area contributed by atoms with Gasteiger partial charge in [0.2, 0.25) is 5.91 Å². The van der Waals surface area contributed by atoms with Crippen LogP contribution in [0.1, 0.15) is 23.6 Å². The summed E-state index contributed by atoms with van der Waals surface area (Å²) in [5.41, 5.74) is 5.20. The van der Waals surface area contributed by atoms with Crippen LogP contribution in [0, 0.1) is 11.3 Å². The predicted molar refractivity (Wildman–Crippen MR) is 121 cm³/mol. The van der Waals surface area contributed by atoms with Gasteiger partial charge < -0.3 is 5.32 Å². The Bertz CT molecular complexity index is 1240.